The zero-order valence-corrected chi connectivity index (χ0v) is 12.5. The summed E-state index contributed by atoms with van der Waals surface area (Å²) < 4.78 is 13.6. The summed E-state index contributed by atoms with van der Waals surface area (Å²) >= 11 is 7.01. The van der Waals surface area contributed by atoms with E-state index in [1.165, 1.54) is 24.3 Å². The van der Waals surface area contributed by atoms with Gasteiger partial charge in [0.1, 0.15) is 5.82 Å². The largest absolute Gasteiger partial charge is 0.302 e. The fraction of sp³-hybridized carbons (Fsp3) is 0.286. The van der Waals surface area contributed by atoms with Crippen LogP contribution in [0.25, 0.3) is 0 Å². The van der Waals surface area contributed by atoms with Crippen molar-refractivity contribution in [2.24, 2.45) is 0 Å². The van der Waals surface area contributed by atoms with Crippen LogP contribution in [-0.2, 0) is 23.5 Å². The lowest BCUT2D eigenvalue weighted by Gasteiger charge is -2.03. The standard InChI is InChI=1S/C14H14ClFN2OS/c1-9(19)17-14-18-12(8-20-14)5-3-10-2-4-11(7-15)13(16)6-10/h2,4,6,8H,3,5,7H2,1H3,(H,17,18,19). The van der Waals surface area contributed by atoms with Crippen LogP contribution >= 0.6 is 22.9 Å². The number of rotatable bonds is 5. The lowest BCUT2D eigenvalue weighted by atomic mass is 10.1. The molecule has 0 saturated carbocycles. The Labute approximate surface area is 125 Å². The van der Waals surface area contributed by atoms with Gasteiger partial charge in [-0.15, -0.1) is 22.9 Å². The van der Waals surface area contributed by atoms with Crippen molar-refractivity contribution in [3.63, 3.8) is 0 Å². The van der Waals surface area contributed by atoms with Crippen molar-refractivity contribution >= 4 is 34.0 Å². The zero-order chi connectivity index (χ0) is 14.5. The number of carbonyl (C=O) groups is 1. The van der Waals surface area contributed by atoms with Crippen molar-refractivity contribution in [3.8, 4) is 0 Å². The maximum Gasteiger partial charge on any atom is 0.223 e. The van der Waals surface area contributed by atoms with Crippen LogP contribution in [0, 0.1) is 5.82 Å². The SMILES string of the molecule is CC(=O)Nc1nc(CCc2ccc(CCl)c(F)c2)cs1. The number of halogens is 2. The van der Waals surface area contributed by atoms with E-state index in [0.29, 0.717) is 23.5 Å². The maximum absolute atomic E-state index is 13.6. The highest BCUT2D eigenvalue weighted by Gasteiger charge is 2.06. The molecule has 2 rings (SSSR count). The fourth-order valence-electron chi connectivity index (χ4n) is 1.76. The summed E-state index contributed by atoms with van der Waals surface area (Å²) in [4.78, 5) is 15.2. The van der Waals surface area contributed by atoms with Crippen LogP contribution in [0.5, 0.6) is 0 Å². The third-order valence-electron chi connectivity index (χ3n) is 2.77. The molecule has 1 heterocycles. The predicted molar refractivity (Wildman–Crippen MR) is 79.8 cm³/mol. The summed E-state index contributed by atoms with van der Waals surface area (Å²) in [5.41, 5.74) is 2.31. The van der Waals surface area contributed by atoms with Gasteiger partial charge in [-0.1, -0.05) is 12.1 Å². The predicted octanol–water partition coefficient (Wildman–Crippen LogP) is 3.76. The molecule has 0 aliphatic rings. The second-order valence-corrected chi connectivity index (χ2v) is 5.51. The monoisotopic (exact) mass is 312 g/mol. The van der Waals surface area contributed by atoms with E-state index in [0.717, 1.165) is 11.3 Å². The molecular formula is C14H14ClFN2OS. The van der Waals surface area contributed by atoms with Crippen LogP contribution < -0.4 is 5.32 Å². The first-order valence-corrected chi connectivity index (χ1v) is 7.55. The van der Waals surface area contributed by atoms with Crippen molar-refractivity contribution < 1.29 is 9.18 Å². The topological polar surface area (TPSA) is 42.0 Å². The number of nitrogens with zero attached hydrogens (tertiary/aromatic N) is 1. The van der Waals surface area contributed by atoms with Gasteiger partial charge in [0.25, 0.3) is 0 Å². The van der Waals surface area contributed by atoms with E-state index in [-0.39, 0.29) is 17.6 Å². The highest BCUT2D eigenvalue weighted by atomic mass is 35.5. The minimum Gasteiger partial charge on any atom is -0.302 e. The quantitative estimate of drug-likeness (QED) is 0.854. The Morgan fingerprint density at radius 3 is 2.90 bits per heavy atom. The first kappa shape index (κ1) is 14.9. The molecule has 1 aromatic carbocycles. The molecule has 0 bridgehead atoms. The molecular weight excluding hydrogens is 299 g/mol. The number of nitrogens with one attached hydrogen (secondary N) is 1. The summed E-state index contributed by atoms with van der Waals surface area (Å²) in [5.74, 6) is -0.225. The number of anilines is 1. The average Bonchev–Trinajstić information content (AvgIpc) is 2.83. The molecule has 106 valence electrons. The van der Waals surface area contributed by atoms with Gasteiger partial charge < -0.3 is 5.32 Å². The minimum atomic E-state index is -0.269. The van der Waals surface area contributed by atoms with Crippen LogP contribution in [0.3, 0.4) is 0 Å². The Bertz CT molecular complexity index is 615. The molecule has 1 amide bonds. The van der Waals surface area contributed by atoms with Crippen molar-refractivity contribution in [3.05, 3.63) is 46.2 Å². The smallest absolute Gasteiger partial charge is 0.223 e. The number of thiazole rings is 1. The third kappa shape index (κ3) is 4.02. The number of benzene rings is 1. The van der Waals surface area contributed by atoms with E-state index in [1.807, 2.05) is 11.4 Å². The number of aromatic nitrogens is 1. The van der Waals surface area contributed by atoms with Gasteiger partial charge in [0.15, 0.2) is 5.13 Å². The molecule has 0 aliphatic carbocycles. The average molecular weight is 313 g/mol. The van der Waals surface area contributed by atoms with Crippen LogP contribution in [0.4, 0.5) is 9.52 Å². The molecule has 0 unspecified atom stereocenters. The number of amides is 1. The van der Waals surface area contributed by atoms with Gasteiger partial charge in [0.05, 0.1) is 11.6 Å². The van der Waals surface area contributed by atoms with Crippen molar-refractivity contribution in [2.75, 3.05) is 5.32 Å². The number of aryl methyl sites for hydroxylation is 2. The van der Waals surface area contributed by atoms with Gasteiger partial charge in [0, 0.05) is 17.9 Å². The molecule has 0 radical (unpaired) electrons. The summed E-state index contributed by atoms with van der Waals surface area (Å²) in [6.07, 6.45) is 1.40. The number of alkyl halides is 1. The number of carbonyl (C=O) groups excluding carboxylic acids is 1. The molecule has 6 heteroatoms. The van der Waals surface area contributed by atoms with E-state index in [9.17, 15) is 9.18 Å². The Morgan fingerprint density at radius 1 is 1.45 bits per heavy atom. The van der Waals surface area contributed by atoms with Gasteiger partial charge in [-0.3, -0.25) is 4.79 Å². The van der Waals surface area contributed by atoms with E-state index in [2.05, 4.69) is 10.3 Å². The van der Waals surface area contributed by atoms with E-state index in [1.54, 1.807) is 6.07 Å². The molecule has 0 aliphatic heterocycles. The fourth-order valence-corrected chi connectivity index (χ4v) is 2.76. The van der Waals surface area contributed by atoms with Crippen LogP contribution in [-0.4, -0.2) is 10.9 Å². The maximum atomic E-state index is 13.6. The first-order chi connectivity index (χ1) is 9.58. The molecule has 1 aromatic heterocycles. The molecule has 2 aromatic rings. The summed E-state index contributed by atoms with van der Waals surface area (Å²) in [5, 5.41) is 5.13. The first-order valence-electron chi connectivity index (χ1n) is 6.13. The second kappa shape index (κ2) is 6.81. The molecule has 3 nitrogen and oxygen atoms in total. The Balaban J connectivity index is 1.96. The molecule has 20 heavy (non-hydrogen) atoms. The molecule has 0 spiro atoms. The number of hydrogen-bond acceptors (Lipinski definition) is 3. The van der Waals surface area contributed by atoms with Gasteiger partial charge >= 0.3 is 0 Å². The van der Waals surface area contributed by atoms with E-state index >= 15 is 0 Å². The van der Waals surface area contributed by atoms with Gasteiger partial charge in [-0.2, -0.15) is 0 Å². The lowest BCUT2D eigenvalue weighted by Crippen LogP contribution is -2.05. The van der Waals surface area contributed by atoms with E-state index < -0.39 is 0 Å². The van der Waals surface area contributed by atoms with Crippen LogP contribution in [0.15, 0.2) is 23.6 Å². The van der Waals surface area contributed by atoms with Crippen molar-refractivity contribution in [1.82, 2.24) is 4.98 Å². The van der Waals surface area contributed by atoms with Crippen LogP contribution in [0.2, 0.25) is 0 Å². The summed E-state index contributed by atoms with van der Waals surface area (Å²) in [7, 11) is 0. The zero-order valence-electron chi connectivity index (χ0n) is 11.0. The van der Waals surface area contributed by atoms with Gasteiger partial charge in [-0.25, -0.2) is 9.37 Å². The second-order valence-electron chi connectivity index (χ2n) is 4.38. The van der Waals surface area contributed by atoms with Crippen LogP contribution in [0.1, 0.15) is 23.7 Å². The Morgan fingerprint density at radius 2 is 2.25 bits per heavy atom. The number of hydrogen-bond donors (Lipinski definition) is 1. The highest BCUT2D eigenvalue weighted by Crippen LogP contribution is 2.18. The molecule has 0 saturated heterocycles. The van der Waals surface area contributed by atoms with Gasteiger partial charge in [-0.05, 0) is 24.5 Å². The summed E-state index contributed by atoms with van der Waals surface area (Å²) in [6, 6.07) is 5.10. The Hall–Kier alpha value is -1.46. The lowest BCUT2D eigenvalue weighted by molar-refractivity contribution is -0.114. The third-order valence-corrected chi connectivity index (χ3v) is 3.86. The Kier molecular flexibility index (Phi) is 5.09. The van der Waals surface area contributed by atoms with Gasteiger partial charge in [0.2, 0.25) is 5.91 Å². The van der Waals surface area contributed by atoms with Crippen molar-refractivity contribution in [1.29, 1.82) is 0 Å². The molecule has 0 atom stereocenters. The molecule has 0 fully saturated rings. The van der Waals surface area contributed by atoms with Crippen molar-refractivity contribution in [2.45, 2.75) is 25.6 Å². The molecule has 1 N–H and O–H groups in total. The summed E-state index contributed by atoms with van der Waals surface area (Å²) in [6.45, 7) is 1.45. The normalized spacial score (nSPS) is 10.6. The van der Waals surface area contributed by atoms with E-state index in [4.69, 9.17) is 11.6 Å². The highest BCUT2D eigenvalue weighted by molar-refractivity contribution is 7.13. The minimum absolute atomic E-state index is 0.135.